The maximum atomic E-state index is 11.1. The number of nitro groups is 1. The number of rotatable bonds is 5. The summed E-state index contributed by atoms with van der Waals surface area (Å²) in [5.41, 5.74) is 0.828. The molecule has 1 aromatic rings. The molecule has 0 aromatic heterocycles. The Bertz CT molecular complexity index is 458. The number of nitro benzene ring substituents is 1. The third kappa shape index (κ3) is 2.66. The van der Waals surface area contributed by atoms with E-state index in [0.29, 0.717) is 18.3 Å². The van der Waals surface area contributed by atoms with Gasteiger partial charge in [0.1, 0.15) is 5.69 Å². The highest BCUT2D eigenvalue weighted by molar-refractivity contribution is 9.10. The minimum Gasteiger partial charge on any atom is -0.359 e. The second-order valence-electron chi connectivity index (χ2n) is 4.06. The SMILES string of the molecule is C=CCN(c1ccc(Br)cc1[N+](=O)[O-])C1CC1. The van der Waals surface area contributed by atoms with Gasteiger partial charge in [-0.15, -0.1) is 6.58 Å². The highest BCUT2D eigenvalue weighted by Gasteiger charge is 2.32. The van der Waals surface area contributed by atoms with Crippen LogP contribution in [-0.4, -0.2) is 17.5 Å². The van der Waals surface area contributed by atoms with Crippen LogP contribution in [0.25, 0.3) is 0 Å². The number of hydrogen-bond donors (Lipinski definition) is 0. The fraction of sp³-hybridized carbons (Fsp3) is 0.333. The summed E-state index contributed by atoms with van der Waals surface area (Å²) < 4.78 is 0.724. The van der Waals surface area contributed by atoms with Crippen molar-refractivity contribution in [2.45, 2.75) is 18.9 Å². The van der Waals surface area contributed by atoms with Gasteiger partial charge in [-0.1, -0.05) is 22.0 Å². The third-order valence-corrected chi connectivity index (χ3v) is 3.25. The number of benzene rings is 1. The molecule has 0 spiro atoms. The molecule has 0 N–H and O–H groups in total. The largest absolute Gasteiger partial charge is 0.359 e. The van der Waals surface area contributed by atoms with E-state index < -0.39 is 0 Å². The molecule has 1 fully saturated rings. The molecule has 90 valence electrons. The molecular weight excluding hydrogens is 284 g/mol. The van der Waals surface area contributed by atoms with E-state index in [2.05, 4.69) is 27.4 Å². The number of hydrogen-bond acceptors (Lipinski definition) is 3. The Kier molecular flexibility index (Phi) is 3.47. The van der Waals surface area contributed by atoms with Crippen LogP contribution in [0.4, 0.5) is 11.4 Å². The number of nitrogens with zero attached hydrogens (tertiary/aromatic N) is 2. The molecule has 0 radical (unpaired) electrons. The van der Waals surface area contributed by atoms with Gasteiger partial charge in [0, 0.05) is 23.1 Å². The van der Waals surface area contributed by atoms with E-state index in [1.165, 1.54) is 0 Å². The third-order valence-electron chi connectivity index (χ3n) is 2.76. The van der Waals surface area contributed by atoms with Crippen molar-refractivity contribution in [3.63, 3.8) is 0 Å². The fourth-order valence-corrected chi connectivity index (χ4v) is 2.20. The van der Waals surface area contributed by atoms with E-state index in [1.807, 2.05) is 6.07 Å². The van der Waals surface area contributed by atoms with Crippen molar-refractivity contribution in [3.05, 3.63) is 45.4 Å². The van der Waals surface area contributed by atoms with Gasteiger partial charge in [-0.2, -0.15) is 0 Å². The Hall–Kier alpha value is -1.36. The number of halogens is 1. The monoisotopic (exact) mass is 296 g/mol. The van der Waals surface area contributed by atoms with Crippen molar-refractivity contribution < 1.29 is 4.92 Å². The predicted octanol–water partition coefficient (Wildman–Crippen LogP) is 3.51. The Morgan fingerprint density at radius 2 is 2.29 bits per heavy atom. The molecule has 0 atom stereocenters. The second kappa shape index (κ2) is 4.87. The minimum atomic E-state index is -0.335. The van der Waals surface area contributed by atoms with Gasteiger partial charge in [0.25, 0.3) is 5.69 Å². The summed E-state index contributed by atoms with van der Waals surface area (Å²) >= 11 is 3.26. The molecule has 1 aliphatic rings. The Morgan fingerprint density at radius 3 is 2.82 bits per heavy atom. The Labute approximate surface area is 108 Å². The van der Waals surface area contributed by atoms with Gasteiger partial charge < -0.3 is 4.90 Å². The predicted molar refractivity (Wildman–Crippen MR) is 71.4 cm³/mol. The minimum absolute atomic E-state index is 0.146. The van der Waals surface area contributed by atoms with Gasteiger partial charge in [-0.25, -0.2) is 0 Å². The molecule has 2 rings (SSSR count). The average Bonchev–Trinajstić information content (AvgIpc) is 3.10. The van der Waals surface area contributed by atoms with E-state index >= 15 is 0 Å². The summed E-state index contributed by atoms with van der Waals surface area (Å²) in [6.07, 6.45) is 3.98. The van der Waals surface area contributed by atoms with Crippen LogP contribution in [0.3, 0.4) is 0 Å². The Morgan fingerprint density at radius 1 is 1.59 bits per heavy atom. The lowest BCUT2D eigenvalue weighted by atomic mass is 10.2. The van der Waals surface area contributed by atoms with Crippen molar-refractivity contribution >= 4 is 27.3 Å². The molecule has 1 aliphatic carbocycles. The zero-order valence-electron chi connectivity index (χ0n) is 9.30. The molecule has 5 heteroatoms. The molecular formula is C12H13BrN2O2. The smallest absolute Gasteiger partial charge is 0.293 e. The Balaban J connectivity index is 2.40. The zero-order valence-corrected chi connectivity index (χ0v) is 10.9. The number of anilines is 1. The fourth-order valence-electron chi connectivity index (χ4n) is 1.86. The van der Waals surface area contributed by atoms with Crippen molar-refractivity contribution in [3.8, 4) is 0 Å². The van der Waals surface area contributed by atoms with Crippen LogP contribution < -0.4 is 4.90 Å². The highest BCUT2D eigenvalue weighted by Crippen LogP contribution is 2.37. The summed E-state index contributed by atoms with van der Waals surface area (Å²) in [4.78, 5) is 12.8. The molecule has 0 amide bonds. The lowest BCUT2D eigenvalue weighted by Gasteiger charge is -2.22. The molecule has 1 saturated carbocycles. The van der Waals surface area contributed by atoms with E-state index in [0.717, 1.165) is 17.3 Å². The van der Waals surface area contributed by atoms with Crippen molar-refractivity contribution in [1.29, 1.82) is 0 Å². The first-order valence-electron chi connectivity index (χ1n) is 5.45. The zero-order chi connectivity index (χ0) is 12.4. The van der Waals surface area contributed by atoms with Gasteiger partial charge >= 0.3 is 0 Å². The van der Waals surface area contributed by atoms with E-state index in [4.69, 9.17) is 0 Å². The molecule has 1 aromatic carbocycles. The van der Waals surface area contributed by atoms with Crippen molar-refractivity contribution in [2.24, 2.45) is 0 Å². The maximum Gasteiger partial charge on any atom is 0.293 e. The second-order valence-corrected chi connectivity index (χ2v) is 4.98. The van der Waals surface area contributed by atoms with Gasteiger partial charge in [-0.3, -0.25) is 10.1 Å². The van der Waals surface area contributed by atoms with Gasteiger partial charge in [0.2, 0.25) is 0 Å². The summed E-state index contributed by atoms with van der Waals surface area (Å²) in [6, 6.07) is 5.60. The molecule has 0 bridgehead atoms. The van der Waals surface area contributed by atoms with Crippen LogP contribution in [0.2, 0.25) is 0 Å². The summed E-state index contributed by atoms with van der Waals surface area (Å²) in [5.74, 6) is 0. The molecule has 0 unspecified atom stereocenters. The molecule has 17 heavy (non-hydrogen) atoms. The normalized spacial score (nSPS) is 14.4. The first kappa shape index (κ1) is 12.1. The van der Waals surface area contributed by atoms with Crippen molar-refractivity contribution in [2.75, 3.05) is 11.4 Å². The molecule has 0 saturated heterocycles. The van der Waals surface area contributed by atoms with Crippen LogP contribution in [0.15, 0.2) is 35.3 Å². The van der Waals surface area contributed by atoms with E-state index in [1.54, 1.807) is 18.2 Å². The first-order chi connectivity index (χ1) is 8.13. The standard InChI is InChI=1S/C12H13BrN2O2/c1-2-7-14(10-4-5-10)11-6-3-9(13)8-12(11)15(16)17/h2-3,6,8,10H,1,4-5,7H2. The topological polar surface area (TPSA) is 46.4 Å². The highest BCUT2D eigenvalue weighted by atomic mass is 79.9. The van der Waals surface area contributed by atoms with Crippen LogP contribution in [0.5, 0.6) is 0 Å². The summed E-state index contributed by atoms with van der Waals surface area (Å²) in [7, 11) is 0. The first-order valence-corrected chi connectivity index (χ1v) is 6.24. The summed E-state index contributed by atoms with van der Waals surface area (Å²) in [6.45, 7) is 4.35. The van der Waals surface area contributed by atoms with Crippen molar-refractivity contribution in [1.82, 2.24) is 0 Å². The van der Waals surface area contributed by atoms with Crippen LogP contribution in [0.1, 0.15) is 12.8 Å². The van der Waals surface area contributed by atoms with Crippen LogP contribution in [0, 0.1) is 10.1 Å². The lowest BCUT2D eigenvalue weighted by molar-refractivity contribution is -0.384. The lowest BCUT2D eigenvalue weighted by Crippen LogP contribution is -2.26. The quantitative estimate of drug-likeness (QED) is 0.474. The molecule has 0 aliphatic heterocycles. The van der Waals surface area contributed by atoms with Crippen LogP contribution in [-0.2, 0) is 0 Å². The van der Waals surface area contributed by atoms with E-state index in [9.17, 15) is 10.1 Å². The maximum absolute atomic E-state index is 11.1. The molecule has 4 nitrogen and oxygen atoms in total. The van der Waals surface area contributed by atoms with E-state index in [-0.39, 0.29) is 10.6 Å². The summed E-state index contributed by atoms with van der Waals surface area (Å²) in [5, 5.41) is 11.1. The van der Waals surface area contributed by atoms with Gasteiger partial charge in [0.15, 0.2) is 0 Å². The van der Waals surface area contributed by atoms with Crippen LogP contribution >= 0.6 is 15.9 Å². The average molecular weight is 297 g/mol. The molecule has 0 heterocycles. The van der Waals surface area contributed by atoms with Gasteiger partial charge in [0.05, 0.1) is 4.92 Å². The van der Waals surface area contributed by atoms with Gasteiger partial charge in [-0.05, 0) is 25.0 Å².